The number of imide groups is 1. The second-order valence-electron chi connectivity index (χ2n) is 9.20. The van der Waals surface area contributed by atoms with Crippen LogP contribution in [0.25, 0.3) is 0 Å². The molecule has 214 valence electrons. The number of nitrogens with one attached hydrogen (secondary N) is 3. The fraction of sp³-hybridized carbons (Fsp3) is 0.435. The van der Waals surface area contributed by atoms with Crippen LogP contribution < -0.4 is 16.0 Å². The van der Waals surface area contributed by atoms with E-state index in [0.717, 1.165) is 9.91 Å². The van der Waals surface area contributed by atoms with Crippen LogP contribution in [-0.4, -0.2) is 104 Å². The quantitative estimate of drug-likeness (QED) is 0.210. The van der Waals surface area contributed by atoms with Gasteiger partial charge in [-0.2, -0.15) is 0 Å². The molecule has 4 atom stereocenters. The van der Waals surface area contributed by atoms with Crippen molar-refractivity contribution in [2.24, 2.45) is 5.41 Å². The summed E-state index contributed by atoms with van der Waals surface area (Å²) in [5.41, 5.74) is -0.897. The van der Waals surface area contributed by atoms with Gasteiger partial charge >= 0.3 is 18.0 Å². The standard InChI is InChI=1S/C23H27N7O7S3/c1-11-27-28-22(40-11)39-10-23(19(34)35)8-30-17(33)15(18(30)38-9-23)25-16(32)14(12-4-6-13(31)7-5-12)26-21(37)29(3)20(36)24-2/h4-7,14-15,18,31H,8-10H2,1-3H3,(H,24,36)(H,25,32)(H,26,37)(H,34,35)/t14?,15?,18-,23?/m1/s1. The number of aliphatic carboxylic acids is 1. The molecule has 0 saturated carbocycles. The number of carboxylic acid groups (broad SMARTS) is 1. The minimum atomic E-state index is -1.29. The van der Waals surface area contributed by atoms with Crippen molar-refractivity contribution < 1.29 is 34.2 Å². The number of aryl methyl sites for hydroxylation is 1. The number of amides is 6. The van der Waals surface area contributed by atoms with Gasteiger partial charge < -0.3 is 31.1 Å². The van der Waals surface area contributed by atoms with Crippen LogP contribution in [0.15, 0.2) is 28.6 Å². The normalized spacial score (nSPS) is 22.4. The van der Waals surface area contributed by atoms with Crippen LogP contribution >= 0.6 is 34.9 Å². The number of carbonyl (C=O) groups is 5. The summed E-state index contributed by atoms with van der Waals surface area (Å²) in [4.78, 5) is 65.4. The van der Waals surface area contributed by atoms with E-state index in [9.17, 15) is 34.2 Å². The largest absolute Gasteiger partial charge is 0.508 e. The predicted octanol–water partition coefficient (Wildman–Crippen LogP) is 0.837. The van der Waals surface area contributed by atoms with Gasteiger partial charge in [0.05, 0.1) is 0 Å². The number of nitrogens with zero attached hydrogens (tertiary/aromatic N) is 4. The number of thioether (sulfide) groups is 2. The Kier molecular flexibility index (Phi) is 8.74. The molecular formula is C23H27N7O7S3. The Bertz CT molecular complexity index is 1320. The molecule has 0 aliphatic carbocycles. The number of hydrogen-bond acceptors (Lipinski definition) is 11. The number of rotatable bonds is 8. The number of aromatic nitrogens is 2. The van der Waals surface area contributed by atoms with Crippen LogP contribution in [0.2, 0.25) is 0 Å². The Labute approximate surface area is 241 Å². The third-order valence-corrected chi connectivity index (χ3v) is 10.3. The summed E-state index contributed by atoms with van der Waals surface area (Å²) >= 11 is 3.91. The number of fused-ring (bicyclic) bond motifs is 1. The Hall–Kier alpha value is -3.57. The van der Waals surface area contributed by atoms with E-state index in [1.165, 1.54) is 78.1 Å². The van der Waals surface area contributed by atoms with E-state index in [1.54, 1.807) is 6.92 Å². The number of β-lactam (4-membered cyclic amide) rings is 1. The van der Waals surface area contributed by atoms with Gasteiger partial charge in [0.2, 0.25) is 11.8 Å². The molecular weight excluding hydrogens is 582 g/mol. The number of urea groups is 2. The van der Waals surface area contributed by atoms with Crippen molar-refractivity contribution in [1.29, 1.82) is 0 Å². The average molecular weight is 610 g/mol. The van der Waals surface area contributed by atoms with Crippen LogP contribution in [0.3, 0.4) is 0 Å². The lowest BCUT2D eigenvalue weighted by Gasteiger charge is -2.53. The van der Waals surface area contributed by atoms with Crippen molar-refractivity contribution in [3.63, 3.8) is 0 Å². The first-order chi connectivity index (χ1) is 19.0. The first-order valence-corrected chi connectivity index (χ1v) is 14.7. The number of hydrogen-bond donors (Lipinski definition) is 5. The zero-order valence-corrected chi connectivity index (χ0v) is 24.1. The monoisotopic (exact) mass is 609 g/mol. The fourth-order valence-corrected chi connectivity index (χ4v) is 7.80. The summed E-state index contributed by atoms with van der Waals surface area (Å²) in [5, 5.41) is 35.4. The van der Waals surface area contributed by atoms with Crippen molar-refractivity contribution in [3.05, 3.63) is 34.8 Å². The SMILES string of the molecule is CNC(=O)N(C)C(=O)NC(C(=O)NC1C(=O)N2CC(CSc3nnc(C)s3)(C(=O)O)CS[C@H]12)c1ccc(O)cc1. The summed E-state index contributed by atoms with van der Waals surface area (Å²) in [6, 6.07) is 1.75. The summed E-state index contributed by atoms with van der Waals surface area (Å²) in [6.45, 7) is 1.78. The van der Waals surface area contributed by atoms with Crippen LogP contribution in [0.1, 0.15) is 16.6 Å². The highest BCUT2D eigenvalue weighted by Crippen LogP contribution is 2.44. The zero-order valence-electron chi connectivity index (χ0n) is 21.6. The summed E-state index contributed by atoms with van der Waals surface area (Å²) < 4.78 is 0.648. The molecule has 17 heteroatoms. The van der Waals surface area contributed by atoms with Gasteiger partial charge in [0.25, 0.3) is 0 Å². The van der Waals surface area contributed by atoms with Gasteiger partial charge in [0.15, 0.2) is 4.34 Å². The fourth-order valence-electron chi connectivity index (χ4n) is 4.13. The maximum Gasteiger partial charge on any atom is 0.326 e. The number of phenols is 1. The summed E-state index contributed by atoms with van der Waals surface area (Å²) in [7, 11) is 2.58. The van der Waals surface area contributed by atoms with Crippen molar-refractivity contribution >= 4 is 64.7 Å². The first kappa shape index (κ1) is 29.4. The van der Waals surface area contributed by atoms with E-state index in [0.29, 0.717) is 9.90 Å². The van der Waals surface area contributed by atoms with Crippen molar-refractivity contribution in [1.82, 2.24) is 35.9 Å². The first-order valence-electron chi connectivity index (χ1n) is 11.9. The Morgan fingerprint density at radius 2 is 1.93 bits per heavy atom. The number of benzene rings is 1. The van der Waals surface area contributed by atoms with Crippen molar-refractivity contribution in [2.45, 2.75) is 28.7 Å². The third kappa shape index (κ3) is 5.95. The van der Waals surface area contributed by atoms with Gasteiger partial charge in [-0.3, -0.25) is 14.4 Å². The number of phenolic OH excluding ortho intramolecular Hbond substituents is 1. The maximum absolute atomic E-state index is 13.3. The van der Waals surface area contributed by atoms with Crippen LogP contribution in [0.5, 0.6) is 5.75 Å². The van der Waals surface area contributed by atoms with E-state index in [1.807, 2.05) is 0 Å². The maximum atomic E-state index is 13.3. The lowest BCUT2D eigenvalue weighted by molar-refractivity contribution is -0.157. The van der Waals surface area contributed by atoms with Gasteiger partial charge in [0.1, 0.15) is 33.6 Å². The zero-order chi connectivity index (χ0) is 29.2. The molecule has 1 aromatic carbocycles. The lowest BCUT2D eigenvalue weighted by atomic mass is 9.89. The van der Waals surface area contributed by atoms with Gasteiger partial charge in [-0.15, -0.1) is 22.0 Å². The Morgan fingerprint density at radius 1 is 1.23 bits per heavy atom. The second kappa shape index (κ2) is 11.9. The van der Waals surface area contributed by atoms with Crippen LogP contribution in [0.4, 0.5) is 9.59 Å². The molecule has 4 rings (SSSR count). The molecule has 0 spiro atoms. The molecule has 0 radical (unpaired) electrons. The molecule has 0 bridgehead atoms. The molecule has 1 aromatic heterocycles. The number of carboxylic acids is 1. The molecule has 6 amide bonds. The Balaban J connectivity index is 1.45. The second-order valence-corrected chi connectivity index (χ2v) is 12.7. The van der Waals surface area contributed by atoms with Gasteiger partial charge in [-0.25, -0.2) is 14.5 Å². The molecule has 3 unspecified atom stereocenters. The molecule has 2 aliphatic rings. The average Bonchev–Trinajstić information content (AvgIpc) is 3.37. The molecule has 2 aliphatic heterocycles. The smallest absolute Gasteiger partial charge is 0.326 e. The summed E-state index contributed by atoms with van der Waals surface area (Å²) in [6.07, 6.45) is 0. The summed E-state index contributed by atoms with van der Waals surface area (Å²) in [5.74, 6) is -1.82. The van der Waals surface area contributed by atoms with E-state index in [-0.39, 0.29) is 23.8 Å². The topological polar surface area (TPSA) is 194 Å². The minimum Gasteiger partial charge on any atom is -0.508 e. The van der Waals surface area contributed by atoms with Crippen LogP contribution in [-0.2, 0) is 14.4 Å². The van der Waals surface area contributed by atoms with Gasteiger partial charge in [-0.05, 0) is 24.6 Å². The highest BCUT2D eigenvalue weighted by atomic mass is 32.2. The van der Waals surface area contributed by atoms with E-state index in [4.69, 9.17) is 0 Å². The molecule has 2 saturated heterocycles. The third-order valence-electron chi connectivity index (χ3n) is 6.46. The minimum absolute atomic E-state index is 0.0228. The van der Waals surface area contributed by atoms with E-state index >= 15 is 0 Å². The van der Waals surface area contributed by atoms with Gasteiger partial charge in [0, 0.05) is 32.1 Å². The van der Waals surface area contributed by atoms with Gasteiger partial charge in [-0.1, -0.05) is 35.2 Å². The van der Waals surface area contributed by atoms with Crippen molar-refractivity contribution in [2.75, 3.05) is 32.1 Å². The molecule has 3 heterocycles. The highest BCUT2D eigenvalue weighted by Gasteiger charge is 2.57. The highest BCUT2D eigenvalue weighted by molar-refractivity contribution is 8.01. The lowest BCUT2D eigenvalue weighted by Crippen LogP contribution is -2.74. The molecule has 14 nitrogen and oxygen atoms in total. The molecule has 5 N–H and O–H groups in total. The van der Waals surface area contributed by atoms with E-state index < -0.39 is 52.7 Å². The number of aromatic hydroxyl groups is 1. The van der Waals surface area contributed by atoms with E-state index in [2.05, 4.69) is 26.1 Å². The molecule has 2 fully saturated rings. The van der Waals surface area contributed by atoms with Crippen molar-refractivity contribution in [3.8, 4) is 5.75 Å². The molecule has 40 heavy (non-hydrogen) atoms. The number of carbonyl (C=O) groups excluding carboxylic acids is 4. The Morgan fingerprint density at radius 3 is 2.52 bits per heavy atom. The predicted molar refractivity (Wildman–Crippen MR) is 147 cm³/mol. The molecule has 2 aromatic rings. The van der Waals surface area contributed by atoms with Crippen LogP contribution in [0, 0.1) is 12.3 Å².